The second kappa shape index (κ2) is 9.41. The lowest BCUT2D eigenvalue weighted by atomic mass is 10.1. The highest BCUT2D eigenvalue weighted by Crippen LogP contribution is 2.33. The molecule has 2 heterocycles. The van der Waals surface area contributed by atoms with Crippen molar-refractivity contribution >= 4 is 23.5 Å². The van der Waals surface area contributed by atoms with Gasteiger partial charge in [-0.15, -0.1) is 18.3 Å². The summed E-state index contributed by atoms with van der Waals surface area (Å²) in [6.07, 6.45) is -4.66. The molecule has 1 N–H and O–H groups in total. The molecule has 3 aromatic rings. The topological polar surface area (TPSA) is 107 Å². The number of carbonyl (C=O) groups is 2. The van der Waals surface area contributed by atoms with Crippen molar-refractivity contribution in [2.75, 3.05) is 23.9 Å². The predicted octanol–water partition coefficient (Wildman–Crippen LogP) is 3.68. The van der Waals surface area contributed by atoms with Gasteiger partial charge in [-0.25, -0.2) is 0 Å². The second-order valence-corrected chi connectivity index (χ2v) is 7.47. The molecule has 0 aliphatic carbocycles. The van der Waals surface area contributed by atoms with Gasteiger partial charge in [0.05, 0.1) is 19.4 Å². The first-order valence-electron chi connectivity index (χ1n) is 10.1. The maximum atomic E-state index is 12.5. The lowest BCUT2D eigenvalue weighted by Crippen LogP contribution is -2.24. The molecule has 1 aliphatic rings. The van der Waals surface area contributed by atoms with Crippen LogP contribution in [-0.4, -0.2) is 42.0 Å². The van der Waals surface area contributed by atoms with Crippen LogP contribution in [0.3, 0.4) is 0 Å². The van der Waals surface area contributed by atoms with Gasteiger partial charge in [0.15, 0.2) is 0 Å². The number of rotatable bonds is 7. The highest BCUT2D eigenvalue weighted by molar-refractivity contribution is 5.96. The summed E-state index contributed by atoms with van der Waals surface area (Å²) in [6, 6.07) is 11.9. The molecule has 2 amide bonds. The number of methoxy groups -OCH3 is 1. The highest BCUT2D eigenvalue weighted by atomic mass is 19.4. The Kier molecular flexibility index (Phi) is 6.39. The Morgan fingerprint density at radius 2 is 1.94 bits per heavy atom. The fraction of sp³-hybridized carbons (Fsp3) is 0.273. The molecule has 1 aliphatic heterocycles. The van der Waals surface area contributed by atoms with E-state index in [0.29, 0.717) is 11.4 Å². The van der Waals surface area contributed by atoms with Crippen LogP contribution in [0.25, 0.3) is 0 Å². The van der Waals surface area contributed by atoms with E-state index in [1.807, 2.05) is 0 Å². The van der Waals surface area contributed by atoms with Crippen molar-refractivity contribution in [3.05, 3.63) is 60.0 Å². The Morgan fingerprint density at radius 1 is 1.18 bits per heavy atom. The number of anilines is 2. The fourth-order valence-electron chi connectivity index (χ4n) is 3.53. The average molecular weight is 476 g/mol. The van der Waals surface area contributed by atoms with E-state index in [0.717, 1.165) is 17.7 Å². The summed E-state index contributed by atoms with van der Waals surface area (Å²) in [5, 5.41) is 10.3. The zero-order valence-corrected chi connectivity index (χ0v) is 17.8. The maximum Gasteiger partial charge on any atom is 0.573 e. The summed E-state index contributed by atoms with van der Waals surface area (Å²) in [7, 11) is 1.53. The van der Waals surface area contributed by atoms with Crippen LogP contribution in [0.4, 0.5) is 24.9 Å². The quantitative estimate of drug-likeness (QED) is 0.554. The Bertz CT molecular complexity index is 1180. The standard InChI is InChI=1S/C22H19F3N4O5/c1-32-17-4-2-3-13(9-17)10-18(30)26-21-28-27-20(33-21)14-11-19(31)29(12-14)15-5-7-16(8-6-15)34-22(23,24)25/h2-9,14H,10-12H2,1H3,(H,26,28,30)/t14-/m1/s1. The van der Waals surface area contributed by atoms with Gasteiger partial charge in [-0.05, 0) is 42.0 Å². The van der Waals surface area contributed by atoms with Gasteiger partial charge in [-0.3, -0.25) is 14.9 Å². The van der Waals surface area contributed by atoms with Crippen LogP contribution >= 0.6 is 0 Å². The second-order valence-electron chi connectivity index (χ2n) is 7.47. The first kappa shape index (κ1) is 23.1. The number of alkyl halides is 3. The molecule has 0 bridgehead atoms. The molecule has 2 aromatic carbocycles. The Labute approximate surface area is 191 Å². The van der Waals surface area contributed by atoms with Crippen LogP contribution in [0, 0.1) is 0 Å². The third kappa shape index (κ3) is 5.63. The van der Waals surface area contributed by atoms with E-state index in [-0.39, 0.29) is 48.9 Å². The van der Waals surface area contributed by atoms with Gasteiger partial charge < -0.3 is 18.8 Å². The van der Waals surface area contributed by atoms with Crippen LogP contribution in [0.1, 0.15) is 23.8 Å². The smallest absolute Gasteiger partial charge is 0.497 e. The number of aromatic nitrogens is 2. The minimum Gasteiger partial charge on any atom is -0.497 e. The molecule has 0 spiro atoms. The summed E-state index contributed by atoms with van der Waals surface area (Å²) in [5.74, 6) is -0.640. The van der Waals surface area contributed by atoms with Gasteiger partial charge in [0.25, 0.3) is 0 Å². The minimum atomic E-state index is -4.80. The van der Waals surface area contributed by atoms with Crippen molar-refractivity contribution in [3.63, 3.8) is 0 Å². The lowest BCUT2D eigenvalue weighted by Gasteiger charge is -2.17. The van der Waals surface area contributed by atoms with Gasteiger partial charge in [0.2, 0.25) is 17.7 Å². The molecule has 1 aromatic heterocycles. The van der Waals surface area contributed by atoms with Gasteiger partial charge in [0, 0.05) is 18.7 Å². The number of halogens is 3. The van der Waals surface area contributed by atoms with E-state index in [4.69, 9.17) is 9.15 Å². The summed E-state index contributed by atoms with van der Waals surface area (Å²) < 4.78 is 51.5. The number of nitrogens with one attached hydrogen (secondary N) is 1. The van der Waals surface area contributed by atoms with E-state index in [1.165, 1.54) is 24.1 Å². The molecule has 4 rings (SSSR count). The van der Waals surface area contributed by atoms with Crippen molar-refractivity contribution in [2.45, 2.75) is 25.1 Å². The molecule has 9 nitrogen and oxygen atoms in total. The number of ether oxygens (including phenoxy) is 2. The van der Waals surface area contributed by atoms with Crippen LogP contribution in [0.2, 0.25) is 0 Å². The Balaban J connectivity index is 1.36. The van der Waals surface area contributed by atoms with Crippen molar-refractivity contribution in [2.24, 2.45) is 0 Å². The van der Waals surface area contributed by atoms with Crippen LogP contribution < -0.4 is 19.7 Å². The molecular weight excluding hydrogens is 457 g/mol. The van der Waals surface area contributed by atoms with Gasteiger partial charge in [-0.2, -0.15) is 0 Å². The number of amides is 2. The van der Waals surface area contributed by atoms with E-state index >= 15 is 0 Å². The van der Waals surface area contributed by atoms with Crippen LogP contribution in [0.15, 0.2) is 52.9 Å². The summed E-state index contributed by atoms with van der Waals surface area (Å²) in [5.41, 5.74) is 1.15. The molecule has 12 heteroatoms. The van der Waals surface area contributed by atoms with Crippen LogP contribution in [-0.2, 0) is 16.0 Å². The number of benzene rings is 2. The fourth-order valence-corrected chi connectivity index (χ4v) is 3.53. The zero-order chi connectivity index (χ0) is 24.3. The summed E-state index contributed by atoms with van der Waals surface area (Å²) in [6.45, 7) is 0.192. The molecule has 1 saturated heterocycles. The first-order chi connectivity index (χ1) is 16.2. The number of hydrogen-bond donors (Lipinski definition) is 1. The SMILES string of the molecule is COc1cccc(CC(=O)Nc2nnc([C@@H]3CC(=O)N(c4ccc(OC(F)(F)F)cc4)C3)o2)c1. The summed E-state index contributed by atoms with van der Waals surface area (Å²) in [4.78, 5) is 26.2. The van der Waals surface area contributed by atoms with Crippen molar-refractivity contribution in [1.82, 2.24) is 10.2 Å². The van der Waals surface area contributed by atoms with Gasteiger partial charge in [0.1, 0.15) is 11.5 Å². The van der Waals surface area contributed by atoms with Gasteiger partial charge >= 0.3 is 12.4 Å². The van der Waals surface area contributed by atoms with Crippen molar-refractivity contribution in [3.8, 4) is 11.5 Å². The van der Waals surface area contributed by atoms with E-state index < -0.39 is 12.3 Å². The number of carbonyl (C=O) groups excluding carboxylic acids is 2. The molecule has 1 atom stereocenters. The minimum absolute atomic E-state index is 0.0681. The molecule has 178 valence electrons. The molecule has 34 heavy (non-hydrogen) atoms. The largest absolute Gasteiger partial charge is 0.573 e. The number of hydrogen-bond acceptors (Lipinski definition) is 7. The van der Waals surface area contributed by atoms with Crippen molar-refractivity contribution < 1.29 is 36.7 Å². The first-order valence-corrected chi connectivity index (χ1v) is 10.1. The third-order valence-electron chi connectivity index (χ3n) is 5.04. The molecular formula is C22H19F3N4O5. The average Bonchev–Trinajstić information content (AvgIpc) is 3.40. The Morgan fingerprint density at radius 3 is 2.65 bits per heavy atom. The lowest BCUT2D eigenvalue weighted by molar-refractivity contribution is -0.274. The zero-order valence-electron chi connectivity index (χ0n) is 17.8. The predicted molar refractivity (Wildman–Crippen MR) is 112 cm³/mol. The molecule has 0 saturated carbocycles. The maximum absolute atomic E-state index is 12.5. The molecule has 0 radical (unpaired) electrons. The highest BCUT2D eigenvalue weighted by Gasteiger charge is 2.35. The van der Waals surface area contributed by atoms with Gasteiger partial charge in [-0.1, -0.05) is 17.2 Å². The normalized spacial score (nSPS) is 15.9. The molecule has 1 fully saturated rings. The van der Waals surface area contributed by atoms with E-state index in [1.54, 1.807) is 24.3 Å². The Hall–Kier alpha value is -4.09. The monoisotopic (exact) mass is 476 g/mol. The molecule has 0 unspecified atom stereocenters. The summed E-state index contributed by atoms with van der Waals surface area (Å²) >= 11 is 0. The third-order valence-corrected chi connectivity index (χ3v) is 5.04. The van der Waals surface area contributed by atoms with E-state index in [9.17, 15) is 22.8 Å². The van der Waals surface area contributed by atoms with Crippen LogP contribution in [0.5, 0.6) is 11.5 Å². The van der Waals surface area contributed by atoms with Crippen molar-refractivity contribution in [1.29, 1.82) is 0 Å². The van der Waals surface area contributed by atoms with E-state index in [2.05, 4.69) is 20.3 Å². The number of nitrogens with zero attached hydrogens (tertiary/aromatic N) is 3.